The lowest BCUT2D eigenvalue weighted by atomic mass is 9.95. The van der Waals surface area contributed by atoms with E-state index in [-0.39, 0.29) is 35.3 Å². The number of nitrogens with two attached hydrogens (primary N) is 2. The maximum absolute atomic E-state index is 14.2. The van der Waals surface area contributed by atoms with Gasteiger partial charge >= 0.3 is 6.09 Å². The molecule has 2 aromatic rings. The molecule has 3 atom stereocenters. The number of nitrogens with one attached hydrogen (secondary N) is 1. The van der Waals surface area contributed by atoms with E-state index in [9.17, 15) is 18.3 Å². The SMILES string of the molecule is CC(Cc1ccccc1)C(O)(NC(=O)OC1CCOC1)N(CC1CCCC1)S(=O)(=O)c1ccc(N)c(N)c1. The van der Waals surface area contributed by atoms with Crippen LogP contribution in [0.4, 0.5) is 16.2 Å². The van der Waals surface area contributed by atoms with Crippen molar-refractivity contribution in [3.05, 3.63) is 54.1 Å². The summed E-state index contributed by atoms with van der Waals surface area (Å²) < 4.78 is 40.1. The molecule has 0 radical (unpaired) electrons. The maximum atomic E-state index is 14.2. The molecule has 208 valence electrons. The van der Waals surface area contributed by atoms with Gasteiger partial charge < -0.3 is 26.0 Å². The largest absolute Gasteiger partial charge is 0.444 e. The Morgan fingerprint density at radius 2 is 1.87 bits per heavy atom. The van der Waals surface area contributed by atoms with Crippen molar-refractivity contribution < 1.29 is 27.8 Å². The minimum Gasteiger partial charge on any atom is -0.444 e. The van der Waals surface area contributed by atoms with Crippen molar-refractivity contribution in [2.45, 2.75) is 62.3 Å². The zero-order chi connectivity index (χ0) is 27.3. The highest BCUT2D eigenvalue weighted by atomic mass is 32.2. The van der Waals surface area contributed by atoms with Gasteiger partial charge in [-0.3, -0.25) is 5.32 Å². The molecule has 2 fully saturated rings. The second kappa shape index (κ2) is 11.9. The Hall–Kier alpha value is -2.86. The van der Waals surface area contributed by atoms with E-state index < -0.39 is 34.0 Å². The third-order valence-electron chi connectivity index (χ3n) is 7.44. The van der Waals surface area contributed by atoms with Gasteiger partial charge in [0, 0.05) is 18.9 Å². The van der Waals surface area contributed by atoms with Gasteiger partial charge in [-0.1, -0.05) is 50.1 Å². The summed E-state index contributed by atoms with van der Waals surface area (Å²) in [5.74, 6) is -3.03. The van der Waals surface area contributed by atoms with E-state index in [2.05, 4.69) is 5.32 Å². The average molecular weight is 547 g/mol. The molecule has 2 aromatic carbocycles. The molecule has 3 unspecified atom stereocenters. The third kappa shape index (κ3) is 6.40. The first-order valence-corrected chi connectivity index (χ1v) is 14.5. The Morgan fingerprint density at radius 1 is 1.16 bits per heavy atom. The fourth-order valence-corrected chi connectivity index (χ4v) is 6.94. The highest BCUT2D eigenvalue weighted by Crippen LogP contribution is 2.35. The molecule has 1 saturated heterocycles. The number of ether oxygens (including phenoxy) is 2. The first-order valence-electron chi connectivity index (χ1n) is 13.1. The fourth-order valence-electron chi connectivity index (χ4n) is 5.17. The van der Waals surface area contributed by atoms with Crippen LogP contribution in [0.3, 0.4) is 0 Å². The van der Waals surface area contributed by atoms with Crippen molar-refractivity contribution in [3.8, 4) is 0 Å². The van der Waals surface area contributed by atoms with Crippen LogP contribution in [0.1, 0.15) is 44.6 Å². The number of benzene rings is 2. The van der Waals surface area contributed by atoms with Gasteiger partial charge in [0.2, 0.25) is 15.9 Å². The van der Waals surface area contributed by atoms with Gasteiger partial charge in [-0.25, -0.2) is 13.2 Å². The number of nitrogen functional groups attached to an aromatic ring is 2. The van der Waals surface area contributed by atoms with Gasteiger partial charge in [-0.15, -0.1) is 4.31 Å². The minimum absolute atomic E-state index is 0.0207. The molecule has 4 rings (SSSR count). The standard InChI is InChI=1S/C27H38N4O6S/c1-19(15-20-7-3-2-4-8-20)27(33,30-26(32)37-22-13-14-36-18-22)31(17-21-9-5-6-10-21)38(34,35)23-11-12-24(28)25(29)16-23/h2-4,7-8,11-12,16,19,21-22,33H,5-6,9-10,13-15,17-18,28-29H2,1H3,(H,30,32). The number of anilines is 2. The molecule has 6 N–H and O–H groups in total. The zero-order valence-electron chi connectivity index (χ0n) is 21.7. The molecule has 2 aliphatic rings. The molecule has 0 bridgehead atoms. The van der Waals surface area contributed by atoms with Crippen molar-refractivity contribution in [1.29, 1.82) is 0 Å². The molecular weight excluding hydrogens is 508 g/mol. The van der Waals surface area contributed by atoms with E-state index in [0.29, 0.717) is 19.4 Å². The molecule has 10 nitrogen and oxygen atoms in total. The number of aliphatic hydroxyl groups is 1. The second-order valence-electron chi connectivity index (χ2n) is 10.3. The Balaban J connectivity index is 1.74. The molecule has 1 aliphatic carbocycles. The topological polar surface area (TPSA) is 157 Å². The number of amides is 1. The monoisotopic (exact) mass is 546 g/mol. The third-order valence-corrected chi connectivity index (χ3v) is 9.30. The van der Waals surface area contributed by atoms with Crippen molar-refractivity contribution in [2.24, 2.45) is 11.8 Å². The van der Waals surface area contributed by atoms with Crippen LogP contribution in [0.2, 0.25) is 0 Å². The number of hydrogen-bond acceptors (Lipinski definition) is 8. The van der Waals surface area contributed by atoms with Crippen LogP contribution in [0.5, 0.6) is 0 Å². The summed E-state index contributed by atoms with van der Waals surface area (Å²) in [5.41, 5.74) is 13.0. The maximum Gasteiger partial charge on any atom is 0.410 e. The van der Waals surface area contributed by atoms with Crippen LogP contribution in [-0.4, -0.2) is 55.6 Å². The average Bonchev–Trinajstić information content (AvgIpc) is 3.59. The quantitative estimate of drug-likeness (QED) is 0.262. The van der Waals surface area contributed by atoms with E-state index in [1.54, 1.807) is 6.92 Å². The van der Waals surface area contributed by atoms with Gasteiger partial charge in [0.25, 0.3) is 0 Å². The Bertz CT molecular complexity index is 1200. The summed E-state index contributed by atoms with van der Waals surface area (Å²) in [6.45, 7) is 2.45. The highest BCUT2D eigenvalue weighted by Gasteiger charge is 2.49. The lowest BCUT2D eigenvalue weighted by Crippen LogP contribution is -2.67. The van der Waals surface area contributed by atoms with Crippen molar-refractivity contribution >= 4 is 27.5 Å². The van der Waals surface area contributed by atoms with Gasteiger partial charge in [0.05, 0.1) is 29.5 Å². The Kier molecular flexibility index (Phi) is 8.81. The van der Waals surface area contributed by atoms with Crippen molar-refractivity contribution in [1.82, 2.24) is 9.62 Å². The summed E-state index contributed by atoms with van der Waals surface area (Å²) in [4.78, 5) is 12.9. The number of sulfonamides is 1. The number of rotatable bonds is 10. The van der Waals surface area contributed by atoms with Crippen molar-refractivity contribution in [2.75, 3.05) is 31.2 Å². The Morgan fingerprint density at radius 3 is 2.50 bits per heavy atom. The summed E-state index contributed by atoms with van der Waals surface area (Å²) in [6.07, 6.45) is 3.04. The number of hydrogen-bond donors (Lipinski definition) is 4. The van der Waals surface area contributed by atoms with E-state index in [1.165, 1.54) is 18.2 Å². The molecule has 1 aliphatic heterocycles. The van der Waals surface area contributed by atoms with E-state index in [4.69, 9.17) is 20.9 Å². The molecule has 1 amide bonds. The van der Waals surface area contributed by atoms with Crippen LogP contribution in [-0.2, 0) is 25.9 Å². The second-order valence-corrected chi connectivity index (χ2v) is 12.2. The van der Waals surface area contributed by atoms with Gasteiger partial charge in [-0.05, 0) is 48.9 Å². The van der Waals surface area contributed by atoms with E-state index in [0.717, 1.165) is 35.6 Å². The summed E-state index contributed by atoms with van der Waals surface area (Å²) in [7, 11) is -4.34. The lowest BCUT2D eigenvalue weighted by molar-refractivity contribution is -0.130. The smallest absolute Gasteiger partial charge is 0.410 e. The predicted molar refractivity (Wildman–Crippen MR) is 144 cm³/mol. The lowest BCUT2D eigenvalue weighted by Gasteiger charge is -2.43. The molecule has 38 heavy (non-hydrogen) atoms. The molecule has 1 heterocycles. The van der Waals surface area contributed by atoms with Crippen LogP contribution in [0.15, 0.2) is 53.4 Å². The van der Waals surface area contributed by atoms with Crippen LogP contribution >= 0.6 is 0 Å². The minimum atomic E-state index is -4.34. The molecule has 11 heteroatoms. The highest BCUT2D eigenvalue weighted by molar-refractivity contribution is 7.89. The first kappa shape index (κ1) is 28.2. The number of carbonyl (C=O) groups is 1. The summed E-state index contributed by atoms with van der Waals surface area (Å²) in [5, 5.41) is 14.8. The molecule has 0 spiro atoms. The fraction of sp³-hybridized carbons (Fsp3) is 0.519. The predicted octanol–water partition coefficient (Wildman–Crippen LogP) is 3.07. The van der Waals surface area contributed by atoms with Crippen molar-refractivity contribution in [3.63, 3.8) is 0 Å². The normalized spacial score (nSPS) is 20.8. The van der Waals surface area contributed by atoms with E-state index in [1.807, 2.05) is 30.3 Å². The zero-order valence-corrected chi connectivity index (χ0v) is 22.5. The van der Waals surface area contributed by atoms with Crippen LogP contribution < -0.4 is 16.8 Å². The summed E-state index contributed by atoms with van der Waals surface area (Å²) >= 11 is 0. The number of carbonyl (C=O) groups excluding carboxylic acids is 1. The van der Waals surface area contributed by atoms with Crippen LogP contribution in [0, 0.1) is 11.8 Å². The van der Waals surface area contributed by atoms with Gasteiger partial charge in [0.1, 0.15) is 6.10 Å². The van der Waals surface area contributed by atoms with Gasteiger partial charge in [0.15, 0.2) is 0 Å². The van der Waals surface area contributed by atoms with Gasteiger partial charge in [-0.2, -0.15) is 0 Å². The van der Waals surface area contributed by atoms with E-state index >= 15 is 0 Å². The Labute approximate surface area is 224 Å². The molecule has 1 saturated carbocycles. The number of alkyl carbamates (subject to hydrolysis) is 1. The first-order chi connectivity index (χ1) is 18.1. The number of nitrogens with zero attached hydrogens (tertiary/aromatic N) is 1. The van der Waals surface area contributed by atoms with Crippen LogP contribution in [0.25, 0.3) is 0 Å². The summed E-state index contributed by atoms with van der Waals surface area (Å²) in [6, 6.07) is 13.5. The molecule has 0 aromatic heterocycles. The molecular formula is C27H38N4O6S.